The fourth-order valence-electron chi connectivity index (χ4n) is 2.67. The molecule has 0 aromatic rings. The summed E-state index contributed by atoms with van der Waals surface area (Å²) in [7, 11) is -3.02. The van der Waals surface area contributed by atoms with Crippen LogP contribution in [-0.2, 0) is 9.84 Å². The van der Waals surface area contributed by atoms with Crippen molar-refractivity contribution in [2.24, 2.45) is 5.92 Å². The summed E-state index contributed by atoms with van der Waals surface area (Å²) in [6.07, 6.45) is 3.63. The Hall–Kier alpha value is -0.130. The lowest BCUT2D eigenvalue weighted by molar-refractivity contribution is 0.153. The van der Waals surface area contributed by atoms with Crippen molar-refractivity contribution in [2.75, 3.05) is 31.9 Å². The van der Waals surface area contributed by atoms with Crippen molar-refractivity contribution in [3.05, 3.63) is 0 Å². The van der Waals surface area contributed by atoms with E-state index in [2.05, 4.69) is 24.1 Å². The van der Waals surface area contributed by atoms with Crippen molar-refractivity contribution in [1.82, 2.24) is 10.2 Å². The van der Waals surface area contributed by atoms with Crippen molar-refractivity contribution < 1.29 is 8.42 Å². The Balaban J connectivity index is 2.50. The average Bonchev–Trinajstić information content (AvgIpc) is 2.36. The molecule has 1 heterocycles. The van der Waals surface area contributed by atoms with E-state index in [1.807, 2.05) is 0 Å². The van der Waals surface area contributed by atoms with E-state index in [-0.39, 0.29) is 5.75 Å². The molecule has 0 saturated carbocycles. The summed E-state index contributed by atoms with van der Waals surface area (Å²) in [5, 5.41) is 3.52. The smallest absolute Gasteiger partial charge is 0.156 e. The second-order valence-corrected chi connectivity index (χ2v) is 10.5. The Morgan fingerprint density at radius 3 is 2.48 bits per heavy atom. The van der Waals surface area contributed by atoms with Crippen LogP contribution in [0.15, 0.2) is 0 Å². The van der Waals surface area contributed by atoms with Gasteiger partial charge in [0.05, 0.1) is 10.5 Å². The highest BCUT2D eigenvalue weighted by Crippen LogP contribution is 2.20. The van der Waals surface area contributed by atoms with Gasteiger partial charge in [-0.3, -0.25) is 4.90 Å². The first-order chi connectivity index (χ1) is 9.63. The molecule has 0 bridgehead atoms. The molecule has 0 aliphatic carbocycles. The van der Waals surface area contributed by atoms with E-state index in [1.54, 1.807) is 20.8 Å². The quantitative estimate of drug-likeness (QED) is 0.782. The average molecular weight is 319 g/mol. The third kappa shape index (κ3) is 6.25. The van der Waals surface area contributed by atoms with Gasteiger partial charge in [-0.15, -0.1) is 0 Å². The van der Waals surface area contributed by atoms with E-state index in [0.717, 1.165) is 19.6 Å². The Kier molecular flexibility index (Phi) is 7.14. The van der Waals surface area contributed by atoms with Crippen LogP contribution in [0.3, 0.4) is 0 Å². The molecule has 1 saturated heterocycles. The van der Waals surface area contributed by atoms with Gasteiger partial charge in [0.1, 0.15) is 0 Å². The Labute approximate surface area is 131 Å². The van der Waals surface area contributed by atoms with E-state index in [0.29, 0.717) is 18.5 Å². The lowest BCUT2D eigenvalue weighted by atomic mass is 10.0. The van der Waals surface area contributed by atoms with Gasteiger partial charge in [0.15, 0.2) is 9.84 Å². The van der Waals surface area contributed by atoms with Crippen molar-refractivity contribution in [3.8, 4) is 0 Å². The molecule has 1 unspecified atom stereocenters. The number of sulfone groups is 1. The maximum absolute atomic E-state index is 12.3. The molecule has 1 N–H and O–H groups in total. The molecule has 1 fully saturated rings. The molecule has 1 aliphatic rings. The number of hydrogen-bond donors (Lipinski definition) is 1. The first kappa shape index (κ1) is 18.9. The van der Waals surface area contributed by atoms with Crippen molar-refractivity contribution in [2.45, 2.75) is 64.7 Å². The van der Waals surface area contributed by atoms with Gasteiger partial charge in [0, 0.05) is 19.1 Å². The maximum atomic E-state index is 12.3. The summed E-state index contributed by atoms with van der Waals surface area (Å²) < 4.78 is 23.9. The Morgan fingerprint density at radius 2 is 1.90 bits per heavy atom. The molecular formula is C16H34N2O2S. The molecule has 0 amide bonds. The van der Waals surface area contributed by atoms with Gasteiger partial charge in [0.2, 0.25) is 0 Å². The van der Waals surface area contributed by atoms with Gasteiger partial charge < -0.3 is 5.32 Å². The van der Waals surface area contributed by atoms with Crippen LogP contribution in [0.1, 0.15) is 53.9 Å². The van der Waals surface area contributed by atoms with Gasteiger partial charge in [-0.25, -0.2) is 8.42 Å². The van der Waals surface area contributed by atoms with E-state index < -0.39 is 14.6 Å². The van der Waals surface area contributed by atoms with Crippen LogP contribution >= 0.6 is 0 Å². The van der Waals surface area contributed by atoms with E-state index in [1.165, 1.54) is 19.3 Å². The largest absolute Gasteiger partial charge is 0.315 e. The second-order valence-electron chi connectivity index (χ2n) is 7.67. The highest BCUT2D eigenvalue weighted by atomic mass is 32.2. The van der Waals surface area contributed by atoms with Crippen molar-refractivity contribution >= 4 is 9.84 Å². The summed E-state index contributed by atoms with van der Waals surface area (Å²) >= 11 is 0. The van der Waals surface area contributed by atoms with Gasteiger partial charge in [-0.05, 0) is 52.6 Å². The first-order valence-corrected chi connectivity index (χ1v) is 9.96. The highest BCUT2D eigenvalue weighted by molar-refractivity contribution is 7.92. The van der Waals surface area contributed by atoms with Crippen LogP contribution in [0.25, 0.3) is 0 Å². The molecule has 4 nitrogen and oxygen atoms in total. The summed E-state index contributed by atoms with van der Waals surface area (Å²) in [6.45, 7) is 13.5. The van der Waals surface area contributed by atoms with Crippen LogP contribution in [0.5, 0.6) is 0 Å². The van der Waals surface area contributed by atoms with Crippen LogP contribution in [-0.4, -0.2) is 56.0 Å². The fourth-order valence-corrected chi connectivity index (χ4v) is 3.76. The predicted octanol–water partition coefficient (Wildman–Crippen LogP) is 2.30. The Bertz CT molecular complexity index is 399. The minimum Gasteiger partial charge on any atom is -0.315 e. The molecule has 126 valence electrons. The van der Waals surface area contributed by atoms with Gasteiger partial charge in [-0.2, -0.15) is 0 Å². The molecule has 0 aromatic heterocycles. The predicted molar refractivity (Wildman–Crippen MR) is 90.5 cm³/mol. The van der Waals surface area contributed by atoms with Crippen LogP contribution in [0.4, 0.5) is 0 Å². The number of hydrogen-bond acceptors (Lipinski definition) is 4. The minimum atomic E-state index is -3.02. The zero-order valence-electron chi connectivity index (χ0n) is 14.5. The number of nitrogens with zero attached hydrogens (tertiary/aromatic N) is 1. The summed E-state index contributed by atoms with van der Waals surface area (Å²) in [5.41, 5.74) is 0. The number of nitrogens with one attached hydrogen (secondary N) is 1. The summed E-state index contributed by atoms with van der Waals surface area (Å²) in [4.78, 5) is 2.38. The number of rotatable bonds is 7. The molecule has 21 heavy (non-hydrogen) atoms. The SMILES string of the molecule is CC(C)CNCC1CCCCN1CCS(=O)(=O)C(C)(C)C. The van der Waals surface area contributed by atoms with Crippen LogP contribution in [0.2, 0.25) is 0 Å². The molecule has 1 rings (SSSR count). The molecule has 0 aromatic carbocycles. The Morgan fingerprint density at radius 1 is 1.24 bits per heavy atom. The number of piperidine rings is 1. The number of likely N-dealkylation sites (tertiary alicyclic amines) is 1. The minimum absolute atomic E-state index is 0.275. The lowest BCUT2D eigenvalue weighted by Gasteiger charge is -2.36. The van der Waals surface area contributed by atoms with Crippen molar-refractivity contribution in [3.63, 3.8) is 0 Å². The normalized spacial score (nSPS) is 21.9. The third-order valence-corrected chi connectivity index (χ3v) is 6.85. The maximum Gasteiger partial charge on any atom is 0.156 e. The van der Waals surface area contributed by atoms with Gasteiger partial charge in [-0.1, -0.05) is 20.3 Å². The molecule has 1 aliphatic heterocycles. The highest BCUT2D eigenvalue weighted by Gasteiger charge is 2.30. The zero-order valence-corrected chi connectivity index (χ0v) is 15.3. The van der Waals surface area contributed by atoms with E-state index in [9.17, 15) is 8.42 Å². The third-order valence-electron chi connectivity index (χ3n) is 4.26. The molecule has 0 spiro atoms. The van der Waals surface area contributed by atoms with Crippen LogP contribution < -0.4 is 5.32 Å². The molecular weight excluding hydrogens is 284 g/mol. The first-order valence-electron chi connectivity index (χ1n) is 8.30. The lowest BCUT2D eigenvalue weighted by Crippen LogP contribution is -2.48. The monoisotopic (exact) mass is 318 g/mol. The molecule has 0 radical (unpaired) electrons. The van der Waals surface area contributed by atoms with E-state index >= 15 is 0 Å². The second kappa shape index (κ2) is 7.93. The van der Waals surface area contributed by atoms with Gasteiger partial charge in [0.25, 0.3) is 0 Å². The van der Waals surface area contributed by atoms with E-state index in [4.69, 9.17) is 0 Å². The molecule has 1 atom stereocenters. The standard InChI is InChI=1S/C16H34N2O2S/c1-14(2)12-17-13-15-8-6-7-9-18(15)10-11-21(19,20)16(3,4)5/h14-15,17H,6-13H2,1-5H3. The summed E-state index contributed by atoms with van der Waals surface area (Å²) in [6, 6.07) is 0.493. The summed E-state index contributed by atoms with van der Waals surface area (Å²) in [5.74, 6) is 0.931. The van der Waals surface area contributed by atoms with Gasteiger partial charge >= 0.3 is 0 Å². The molecule has 5 heteroatoms. The van der Waals surface area contributed by atoms with Crippen molar-refractivity contribution in [1.29, 1.82) is 0 Å². The fraction of sp³-hybridized carbons (Fsp3) is 1.00. The zero-order chi connectivity index (χ0) is 16.1. The van der Waals surface area contributed by atoms with Crippen LogP contribution in [0, 0.1) is 5.92 Å². The topological polar surface area (TPSA) is 49.4 Å².